The topological polar surface area (TPSA) is 32.3 Å². The molecule has 1 aliphatic heterocycles. The van der Waals surface area contributed by atoms with Crippen molar-refractivity contribution in [2.24, 2.45) is 11.8 Å². The summed E-state index contributed by atoms with van der Waals surface area (Å²) in [7, 11) is 1.95. The van der Waals surface area contributed by atoms with Gasteiger partial charge in [0.2, 0.25) is 5.91 Å². The molecule has 1 saturated heterocycles. The molecule has 1 rings (SSSR count). The van der Waals surface area contributed by atoms with Crippen LogP contribution in [0.25, 0.3) is 0 Å². The van der Waals surface area contributed by atoms with E-state index >= 15 is 0 Å². The van der Waals surface area contributed by atoms with E-state index in [2.05, 4.69) is 26.1 Å². The second-order valence-corrected chi connectivity index (χ2v) is 5.47. The molecule has 0 bridgehead atoms. The summed E-state index contributed by atoms with van der Waals surface area (Å²) in [5.41, 5.74) is 0. The van der Waals surface area contributed by atoms with Crippen molar-refractivity contribution in [3.05, 3.63) is 0 Å². The lowest BCUT2D eigenvalue weighted by molar-refractivity contribution is -0.136. The van der Waals surface area contributed by atoms with Crippen LogP contribution in [0.1, 0.15) is 40.0 Å². The van der Waals surface area contributed by atoms with Crippen molar-refractivity contribution in [2.75, 3.05) is 20.1 Å². The highest BCUT2D eigenvalue weighted by molar-refractivity contribution is 5.79. The van der Waals surface area contributed by atoms with Gasteiger partial charge in [-0.3, -0.25) is 4.79 Å². The van der Waals surface area contributed by atoms with Crippen molar-refractivity contribution in [1.82, 2.24) is 10.2 Å². The summed E-state index contributed by atoms with van der Waals surface area (Å²) in [5, 5.41) is 3.30. The minimum absolute atomic E-state index is 0.202. The molecule has 0 aromatic carbocycles. The Bertz CT molecular complexity index is 222. The fraction of sp³-hybridized carbons (Fsp3) is 0.923. The predicted octanol–water partition coefficient (Wildman–Crippen LogP) is 1.88. The van der Waals surface area contributed by atoms with Gasteiger partial charge in [0.05, 0.1) is 5.92 Å². The van der Waals surface area contributed by atoms with Gasteiger partial charge in [-0.1, -0.05) is 13.8 Å². The first-order valence-corrected chi connectivity index (χ1v) is 6.49. The lowest BCUT2D eigenvalue weighted by atomic mass is 9.96. The monoisotopic (exact) mass is 226 g/mol. The largest absolute Gasteiger partial charge is 0.343 e. The van der Waals surface area contributed by atoms with Crippen LogP contribution in [-0.4, -0.2) is 37.0 Å². The van der Waals surface area contributed by atoms with Gasteiger partial charge in [-0.05, 0) is 38.6 Å². The number of hydrogen-bond acceptors (Lipinski definition) is 2. The van der Waals surface area contributed by atoms with Crippen molar-refractivity contribution in [1.29, 1.82) is 0 Å². The number of nitrogens with one attached hydrogen (secondary N) is 1. The van der Waals surface area contributed by atoms with E-state index in [1.165, 1.54) is 0 Å². The van der Waals surface area contributed by atoms with Gasteiger partial charge in [-0.15, -0.1) is 0 Å². The van der Waals surface area contributed by atoms with Crippen molar-refractivity contribution < 1.29 is 4.79 Å². The Morgan fingerprint density at radius 2 is 2.12 bits per heavy atom. The lowest BCUT2D eigenvalue weighted by Crippen LogP contribution is -2.44. The zero-order valence-corrected chi connectivity index (χ0v) is 11.1. The Labute approximate surface area is 99.6 Å². The highest BCUT2D eigenvalue weighted by Crippen LogP contribution is 2.16. The average Bonchev–Trinajstić information content (AvgIpc) is 2.27. The lowest BCUT2D eigenvalue weighted by Gasteiger charge is -2.31. The number of rotatable bonds is 4. The average molecular weight is 226 g/mol. The second kappa shape index (κ2) is 6.24. The third-order valence-corrected chi connectivity index (χ3v) is 3.47. The molecule has 0 radical (unpaired) electrons. The van der Waals surface area contributed by atoms with Gasteiger partial charge in [0.15, 0.2) is 0 Å². The molecule has 94 valence electrons. The Morgan fingerprint density at radius 1 is 1.44 bits per heavy atom. The predicted molar refractivity (Wildman–Crippen MR) is 67.3 cm³/mol. The molecule has 0 aliphatic carbocycles. The van der Waals surface area contributed by atoms with E-state index in [1.807, 2.05) is 11.9 Å². The Kier molecular flexibility index (Phi) is 5.26. The van der Waals surface area contributed by atoms with Gasteiger partial charge in [-0.25, -0.2) is 0 Å². The second-order valence-electron chi connectivity index (χ2n) is 5.47. The van der Waals surface area contributed by atoms with Crippen LogP contribution < -0.4 is 5.32 Å². The molecule has 0 spiro atoms. The van der Waals surface area contributed by atoms with E-state index in [0.29, 0.717) is 17.9 Å². The third kappa shape index (κ3) is 3.78. The number of amides is 1. The molecule has 1 heterocycles. The zero-order chi connectivity index (χ0) is 12.1. The first-order valence-electron chi connectivity index (χ1n) is 6.49. The molecule has 1 fully saturated rings. The van der Waals surface area contributed by atoms with Crippen LogP contribution >= 0.6 is 0 Å². The van der Waals surface area contributed by atoms with E-state index in [-0.39, 0.29) is 5.92 Å². The highest BCUT2D eigenvalue weighted by atomic mass is 16.2. The van der Waals surface area contributed by atoms with E-state index in [0.717, 1.165) is 32.4 Å². The summed E-state index contributed by atoms with van der Waals surface area (Å²) < 4.78 is 0. The molecule has 0 aromatic heterocycles. The number of nitrogens with zero attached hydrogens (tertiary/aromatic N) is 1. The standard InChI is InChI=1S/C13H26N2O/c1-10(2)8-11(3)15(4)13(16)12-6-5-7-14-9-12/h10-12,14H,5-9H2,1-4H3/t11?,12-/m1/s1. The molecule has 0 saturated carbocycles. The van der Waals surface area contributed by atoms with Crippen LogP contribution in [0.2, 0.25) is 0 Å². The van der Waals surface area contributed by atoms with Crippen molar-refractivity contribution >= 4 is 5.91 Å². The van der Waals surface area contributed by atoms with Gasteiger partial charge < -0.3 is 10.2 Å². The molecule has 1 aliphatic rings. The SMILES string of the molecule is CC(C)CC(C)N(C)C(=O)[C@@H]1CCCNC1. The Morgan fingerprint density at radius 3 is 2.62 bits per heavy atom. The van der Waals surface area contributed by atoms with Crippen LogP contribution in [0.15, 0.2) is 0 Å². The third-order valence-electron chi connectivity index (χ3n) is 3.47. The molecule has 1 N–H and O–H groups in total. The summed E-state index contributed by atoms with van der Waals surface area (Å²) in [6, 6.07) is 0.356. The summed E-state index contributed by atoms with van der Waals surface area (Å²) in [4.78, 5) is 14.1. The van der Waals surface area contributed by atoms with Gasteiger partial charge in [0, 0.05) is 19.6 Å². The van der Waals surface area contributed by atoms with E-state index in [1.54, 1.807) is 0 Å². The van der Waals surface area contributed by atoms with Crippen LogP contribution in [0, 0.1) is 11.8 Å². The molecule has 1 unspecified atom stereocenters. The van der Waals surface area contributed by atoms with Crippen molar-refractivity contribution in [2.45, 2.75) is 46.1 Å². The highest BCUT2D eigenvalue weighted by Gasteiger charge is 2.26. The first-order chi connectivity index (χ1) is 7.52. The van der Waals surface area contributed by atoms with Crippen LogP contribution in [-0.2, 0) is 4.79 Å². The minimum atomic E-state index is 0.202. The van der Waals surface area contributed by atoms with Crippen LogP contribution in [0.3, 0.4) is 0 Å². The smallest absolute Gasteiger partial charge is 0.226 e. The van der Waals surface area contributed by atoms with Gasteiger partial charge in [-0.2, -0.15) is 0 Å². The summed E-state index contributed by atoms with van der Waals surface area (Å²) in [5.74, 6) is 1.17. The van der Waals surface area contributed by atoms with E-state index < -0.39 is 0 Å². The zero-order valence-electron chi connectivity index (χ0n) is 11.1. The molecular formula is C13H26N2O. The Hall–Kier alpha value is -0.570. The number of piperidine rings is 1. The first kappa shape index (κ1) is 13.5. The normalized spacial score (nSPS) is 23.2. The maximum Gasteiger partial charge on any atom is 0.226 e. The number of carbonyl (C=O) groups is 1. The van der Waals surface area contributed by atoms with E-state index in [4.69, 9.17) is 0 Å². The number of hydrogen-bond donors (Lipinski definition) is 1. The van der Waals surface area contributed by atoms with Gasteiger partial charge in [0.25, 0.3) is 0 Å². The fourth-order valence-electron chi connectivity index (χ4n) is 2.41. The van der Waals surface area contributed by atoms with Crippen LogP contribution in [0.4, 0.5) is 0 Å². The summed E-state index contributed by atoms with van der Waals surface area (Å²) in [6.07, 6.45) is 3.26. The molecule has 3 nitrogen and oxygen atoms in total. The summed E-state index contributed by atoms with van der Waals surface area (Å²) in [6.45, 7) is 8.48. The molecule has 1 amide bonds. The molecule has 16 heavy (non-hydrogen) atoms. The maximum absolute atomic E-state index is 12.2. The van der Waals surface area contributed by atoms with Crippen molar-refractivity contribution in [3.63, 3.8) is 0 Å². The van der Waals surface area contributed by atoms with Crippen LogP contribution in [0.5, 0.6) is 0 Å². The molecule has 2 atom stereocenters. The van der Waals surface area contributed by atoms with E-state index in [9.17, 15) is 4.79 Å². The summed E-state index contributed by atoms with van der Waals surface area (Å²) >= 11 is 0. The molecule has 3 heteroatoms. The van der Waals surface area contributed by atoms with Crippen molar-refractivity contribution in [3.8, 4) is 0 Å². The fourth-order valence-corrected chi connectivity index (χ4v) is 2.41. The van der Waals surface area contributed by atoms with Gasteiger partial charge >= 0.3 is 0 Å². The number of carbonyl (C=O) groups excluding carboxylic acids is 1. The maximum atomic E-state index is 12.2. The molecular weight excluding hydrogens is 200 g/mol. The van der Waals surface area contributed by atoms with Gasteiger partial charge in [0.1, 0.15) is 0 Å². The molecule has 0 aromatic rings. The quantitative estimate of drug-likeness (QED) is 0.794. The Balaban J connectivity index is 2.45. The minimum Gasteiger partial charge on any atom is -0.343 e.